The number of allylic oxidation sites excluding steroid dienone is 5. The van der Waals surface area contributed by atoms with Crippen molar-refractivity contribution in [2.75, 3.05) is 4.90 Å². The Morgan fingerprint density at radius 3 is 1.49 bits per heavy atom. The zero-order valence-electron chi connectivity index (χ0n) is 35.8. The van der Waals surface area contributed by atoms with E-state index in [1.807, 2.05) is 0 Å². The normalized spacial score (nSPS) is 18.5. The number of hydrogen-bond donors (Lipinski definition) is 0. The largest absolute Gasteiger partial charge is 0.310 e. The molecule has 0 radical (unpaired) electrons. The molecule has 0 atom stereocenters. The lowest BCUT2D eigenvalue weighted by atomic mass is 9.76. The number of rotatable bonds is 7. The van der Waals surface area contributed by atoms with Gasteiger partial charge in [0.15, 0.2) is 0 Å². The molecule has 0 heterocycles. The van der Waals surface area contributed by atoms with Crippen molar-refractivity contribution in [2.45, 2.75) is 77.0 Å². The lowest BCUT2D eigenvalue weighted by Gasteiger charge is -2.30. The molecule has 0 spiro atoms. The highest BCUT2D eigenvalue weighted by atomic mass is 15.1. The molecule has 0 N–H and O–H groups in total. The Labute approximate surface area is 363 Å². The van der Waals surface area contributed by atoms with E-state index in [0.29, 0.717) is 0 Å². The van der Waals surface area contributed by atoms with E-state index >= 15 is 0 Å². The van der Waals surface area contributed by atoms with Gasteiger partial charge in [0.2, 0.25) is 0 Å². The molecule has 0 amide bonds. The molecular weight excluding hydrogens is 735 g/mol. The van der Waals surface area contributed by atoms with Crippen LogP contribution in [0.4, 0.5) is 17.1 Å². The van der Waals surface area contributed by atoms with Crippen LogP contribution in [0.25, 0.3) is 44.5 Å². The fourth-order valence-corrected chi connectivity index (χ4v) is 10.5. The summed E-state index contributed by atoms with van der Waals surface area (Å²) in [4.78, 5) is 2.45. The fraction of sp³-hybridized carbons (Fsp3) is 0.200. The Morgan fingerprint density at radius 2 is 0.836 bits per heavy atom. The van der Waals surface area contributed by atoms with Crippen molar-refractivity contribution in [3.63, 3.8) is 0 Å². The Hall–Kier alpha value is -6.44. The minimum absolute atomic E-state index is 0.0906. The molecule has 1 fully saturated rings. The molecule has 300 valence electrons. The monoisotopic (exact) mass is 789 g/mol. The molecule has 1 heteroatoms. The summed E-state index contributed by atoms with van der Waals surface area (Å²) >= 11 is 0. The van der Waals surface area contributed by atoms with Gasteiger partial charge in [0.25, 0.3) is 0 Å². The molecular formula is C60H55N. The second-order valence-corrected chi connectivity index (χ2v) is 17.8. The van der Waals surface area contributed by atoms with Crippen molar-refractivity contribution in [1.29, 1.82) is 0 Å². The van der Waals surface area contributed by atoms with Crippen LogP contribution < -0.4 is 4.90 Å². The van der Waals surface area contributed by atoms with Gasteiger partial charge in [-0.05, 0) is 171 Å². The molecule has 7 aromatic carbocycles. The molecule has 0 unspecified atom stereocenters. The summed E-state index contributed by atoms with van der Waals surface area (Å²) in [7, 11) is 0. The third-order valence-corrected chi connectivity index (χ3v) is 13.7. The SMILES string of the molecule is C=C1CCCCC/C(c2ccc(-c3ccccc3)cc2)=C2/CCCC/C2=C/1c1ccc(N(c2ccc(-c3ccccc3)cc2)c2ccc3c(c2)C(C)(C)c2ccccc2-3)cc1. The summed E-state index contributed by atoms with van der Waals surface area (Å²) in [6.07, 6.45) is 10.5. The Bertz CT molecular complexity index is 2760. The second kappa shape index (κ2) is 16.5. The molecule has 0 aromatic heterocycles. The van der Waals surface area contributed by atoms with E-state index in [1.165, 1.54) is 110 Å². The molecule has 3 aliphatic rings. The van der Waals surface area contributed by atoms with Crippen LogP contribution in [0.1, 0.15) is 93.9 Å². The van der Waals surface area contributed by atoms with E-state index in [-0.39, 0.29) is 5.41 Å². The van der Waals surface area contributed by atoms with E-state index in [0.717, 1.165) is 37.1 Å². The summed E-state index contributed by atoms with van der Waals surface area (Å²) in [5.74, 6) is 0. The predicted molar refractivity (Wildman–Crippen MR) is 261 cm³/mol. The first kappa shape index (κ1) is 38.7. The molecule has 0 aliphatic heterocycles. The van der Waals surface area contributed by atoms with Crippen LogP contribution in [0.3, 0.4) is 0 Å². The highest BCUT2D eigenvalue weighted by Gasteiger charge is 2.36. The van der Waals surface area contributed by atoms with E-state index in [1.54, 1.807) is 11.1 Å². The van der Waals surface area contributed by atoms with Gasteiger partial charge in [0.05, 0.1) is 0 Å². The van der Waals surface area contributed by atoms with Crippen molar-refractivity contribution in [3.8, 4) is 33.4 Å². The topological polar surface area (TPSA) is 3.24 Å². The lowest BCUT2D eigenvalue weighted by molar-refractivity contribution is 0.660. The summed E-state index contributed by atoms with van der Waals surface area (Å²) in [5, 5.41) is 0. The smallest absolute Gasteiger partial charge is 0.0465 e. The summed E-state index contributed by atoms with van der Waals surface area (Å²) < 4.78 is 0. The van der Waals surface area contributed by atoms with Crippen molar-refractivity contribution in [3.05, 3.63) is 221 Å². The Balaban J connectivity index is 1.07. The van der Waals surface area contributed by atoms with Crippen LogP contribution in [0, 0.1) is 0 Å². The molecule has 0 bridgehead atoms. The maximum Gasteiger partial charge on any atom is 0.0465 e. The Morgan fingerprint density at radius 1 is 0.377 bits per heavy atom. The fourth-order valence-electron chi connectivity index (χ4n) is 10.5. The minimum atomic E-state index is -0.0906. The van der Waals surface area contributed by atoms with Gasteiger partial charge in [0.1, 0.15) is 0 Å². The zero-order valence-corrected chi connectivity index (χ0v) is 35.8. The predicted octanol–water partition coefficient (Wildman–Crippen LogP) is 17.1. The molecule has 10 rings (SSSR count). The maximum atomic E-state index is 4.84. The van der Waals surface area contributed by atoms with Crippen molar-refractivity contribution < 1.29 is 0 Å². The van der Waals surface area contributed by atoms with Crippen LogP contribution >= 0.6 is 0 Å². The first-order chi connectivity index (χ1) is 29.9. The first-order valence-electron chi connectivity index (χ1n) is 22.5. The van der Waals surface area contributed by atoms with Gasteiger partial charge >= 0.3 is 0 Å². The highest BCUT2D eigenvalue weighted by Crippen LogP contribution is 2.51. The molecule has 1 saturated carbocycles. The number of fused-ring (bicyclic) bond motifs is 4. The molecule has 1 nitrogen and oxygen atoms in total. The number of nitrogens with zero attached hydrogens (tertiary/aromatic N) is 1. The van der Waals surface area contributed by atoms with E-state index < -0.39 is 0 Å². The number of benzene rings is 7. The van der Waals surface area contributed by atoms with E-state index in [4.69, 9.17) is 6.58 Å². The Kier molecular flexibility index (Phi) is 10.5. The van der Waals surface area contributed by atoms with Crippen LogP contribution in [-0.2, 0) is 5.41 Å². The van der Waals surface area contributed by atoms with Gasteiger partial charge in [-0.25, -0.2) is 0 Å². The van der Waals surface area contributed by atoms with Gasteiger partial charge in [0, 0.05) is 22.5 Å². The third kappa shape index (κ3) is 7.42. The third-order valence-electron chi connectivity index (χ3n) is 13.7. The van der Waals surface area contributed by atoms with Crippen LogP contribution in [0.2, 0.25) is 0 Å². The summed E-state index contributed by atoms with van der Waals surface area (Å²) in [6, 6.07) is 65.4. The molecule has 61 heavy (non-hydrogen) atoms. The van der Waals surface area contributed by atoms with Gasteiger partial charge in [-0.15, -0.1) is 0 Å². The van der Waals surface area contributed by atoms with Crippen molar-refractivity contribution in [1.82, 2.24) is 0 Å². The number of hydrogen-bond acceptors (Lipinski definition) is 1. The second-order valence-electron chi connectivity index (χ2n) is 17.8. The minimum Gasteiger partial charge on any atom is -0.310 e. The lowest BCUT2D eigenvalue weighted by Crippen LogP contribution is -2.16. The van der Waals surface area contributed by atoms with Crippen LogP contribution in [0.15, 0.2) is 199 Å². The van der Waals surface area contributed by atoms with Crippen molar-refractivity contribution in [2.24, 2.45) is 0 Å². The quantitative estimate of drug-likeness (QED) is 0.155. The number of anilines is 3. The van der Waals surface area contributed by atoms with E-state index in [9.17, 15) is 0 Å². The van der Waals surface area contributed by atoms with Crippen LogP contribution in [0.5, 0.6) is 0 Å². The molecule has 7 aromatic rings. The molecule has 0 saturated heterocycles. The average Bonchev–Trinajstić information content (AvgIpc) is 3.54. The average molecular weight is 790 g/mol. The van der Waals surface area contributed by atoms with Gasteiger partial charge in [-0.2, -0.15) is 0 Å². The molecule has 3 aliphatic carbocycles. The summed E-state index contributed by atoms with van der Waals surface area (Å²) in [6.45, 7) is 9.58. The van der Waals surface area contributed by atoms with Gasteiger partial charge in [-0.3, -0.25) is 0 Å². The van der Waals surface area contributed by atoms with Gasteiger partial charge in [-0.1, -0.05) is 166 Å². The van der Waals surface area contributed by atoms with Crippen LogP contribution in [-0.4, -0.2) is 0 Å². The van der Waals surface area contributed by atoms with Crippen molar-refractivity contribution >= 4 is 28.2 Å². The maximum absolute atomic E-state index is 4.84. The zero-order chi connectivity index (χ0) is 41.3. The first-order valence-corrected chi connectivity index (χ1v) is 22.5. The van der Waals surface area contributed by atoms with E-state index in [2.05, 4.69) is 195 Å². The van der Waals surface area contributed by atoms with Gasteiger partial charge < -0.3 is 4.90 Å². The standard InChI is InChI=1S/C60H55N/c1-42-17-7-4-12-22-52(47-29-27-45(28-30-47)43-18-8-5-9-19-43)53-23-13-14-25-56(53)59(42)48-33-37-50(38-34-48)61(49-35-31-46(32-36-49)44-20-10-6-11-21-44)51-39-40-55-54-24-15-16-26-57(54)60(2,3)58(55)41-51/h5-6,8-11,15-16,18-21,24,26-41H,1,4,7,12-14,17,22-23,25H2,2-3H3/b53-52+,59-56+. The summed E-state index contributed by atoms with van der Waals surface area (Å²) in [5.41, 5.74) is 23.8. The highest BCUT2D eigenvalue weighted by molar-refractivity contribution is 5.90.